The third kappa shape index (κ3) is 5.04. The number of nitriles is 1. The molecule has 0 fully saturated rings. The highest BCUT2D eigenvalue weighted by molar-refractivity contribution is 5.77. The smallest absolute Gasteiger partial charge is 0.372 e. The van der Waals surface area contributed by atoms with Crippen molar-refractivity contribution in [3.63, 3.8) is 0 Å². The quantitative estimate of drug-likeness (QED) is 0.252. The second kappa shape index (κ2) is 9.31. The normalized spacial score (nSPS) is 11.3. The molecule has 0 spiro atoms. The summed E-state index contributed by atoms with van der Waals surface area (Å²) in [6.07, 6.45) is -4.90. The van der Waals surface area contributed by atoms with Gasteiger partial charge in [0.05, 0.1) is 21.7 Å². The Morgan fingerprint density at radius 2 is 1.82 bits per heavy atom. The fourth-order valence-electron chi connectivity index (χ4n) is 2.94. The van der Waals surface area contributed by atoms with Crippen LogP contribution in [0.1, 0.15) is 16.7 Å². The van der Waals surface area contributed by atoms with Crippen molar-refractivity contribution in [1.29, 1.82) is 5.26 Å². The van der Waals surface area contributed by atoms with Crippen LogP contribution >= 0.6 is 0 Å². The largest absolute Gasteiger partial charge is 0.418 e. The summed E-state index contributed by atoms with van der Waals surface area (Å²) in [5.74, 6) is 0.403. The molecule has 0 unspecified atom stereocenters. The van der Waals surface area contributed by atoms with Crippen LogP contribution in [-0.2, 0) is 6.18 Å². The summed E-state index contributed by atoms with van der Waals surface area (Å²) in [5, 5.41) is 33.9. The van der Waals surface area contributed by atoms with Crippen molar-refractivity contribution in [1.82, 2.24) is 4.98 Å². The molecule has 2 N–H and O–H groups in total. The maximum absolute atomic E-state index is 13.5. The highest BCUT2D eigenvalue weighted by atomic mass is 19.4. The van der Waals surface area contributed by atoms with Crippen LogP contribution in [0.2, 0.25) is 0 Å². The molecule has 1 aromatic heterocycles. The molecule has 0 saturated heterocycles. The van der Waals surface area contributed by atoms with Crippen molar-refractivity contribution in [3.05, 3.63) is 75.3 Å². The number of hydrogen-bond donors (Lipinski definition) is 2. The van der Waals surface area contributed by atoms with Gasteiger partial charge in [-0.3, -0.25) is 10.1 Å². The average Bonchev–Trinajstić information content (AvgIpc) is 2.78. The topological polar surface area (TPSA) is 129 Å². The zero-order valence-electron chi connectivity index (χ0n) is 17.3. The van der Waals surface area contributed by atoms with Gasteiger partial charge >= 0.3 is 6.18 Å². The van der Waals surface area contributed by atoms with Gasteiger partial charge < -0.3 is 10.6 Å². The number of nitrogens with zero attached hydrogens (tertiary/aromatic N) is 5. The summed E-state index contributed by atoms with van der Waals surface area (Å²) in [6.45, 7) is 1.56. The molecule has 12 heteroatoms. The lowest BCUT2D eigenvalue weighted by Gasteiger charge is -2.14. The Morgan fingerprint density at radius 3 is 2.39 bits per heavy atom. The summed E-state index contributed by atoms with van der Waals surface area (Å²) in [4.78, 5) is 14.3. The Balaban J connectivity index is 2.16. The van der Waals surface area contributed by atoms with E-state index in [2.05, 4.69) is 25.8 Å². The zero-order chi connectivity index (χ0) is 24.2. The number of halogens is 3. The zero-order valence-corrected chi connectivity index (χ0v) is 17.3. The summed E-state index contributed by atoms with van der Waals surface area (Å²) in [5.41, 5.74) is -1.51. The third-order valence-electron chi connectivity index (χ3n) is 4.55. The molecule has 0 aliphatic rings. The maximum Gasteiger partial charge on any atom is 0.418 e. The lowest BCUT2D eigenvalue weighted by Crippen LogP contribution is -2.06. The monoisotopic (exact) mass is 455 g/mol. The molecule has 2 aromatic carbocycles. The third-order valence-corrected chi connectivity index (χ3v) is 4.55. The maximum atomic E-state index is 13.5. The Bertz CT molecular complexity index is 1270. The van der Waals surface area contributed by atoms with Crippen molar-refractivity contribution < 1.29 is 18.1 Å². The van der Waals surface area contributed by atoms with Crippen LogP contribution in [0, 0.1) is 28.4 Å². The molecule has 1 heterocycles. The van der Waals surface area contributed by atoms with E-state index in [4.69, 9.17) is 0 Å². The number of non-ortho nitro benzene ring substituents is 1. The van der Waals surface area contributed by atoms with E-state index in [1.807, 2.05) is 6.07 Å². The number of nitro groups is 1. The van der Waals surface area contributed by atoms with E-state index in [1.165, 1.54) is 0 Å². The number of hydrogen-bond acceptors (Lipinski definition) is 8. The first-order chi connectivity index (χ1) is 15.7. The highest BCUT2D eigenvalue weighted by Crippen LogP contribution is 2.41. The molecular formula is C21H16F3N7O2. The van der Waals surface area contributed by atoms with Gasteiger partial charge in [0, 0.05) is 30.4 Å². The number of para-hydroxylation sites is 1. The van der Waals surface area contributed by atoms with Crippen molar-refractivity contribution in [3.8, 4) is 6.07 Å². The van der Waals surface area contributed by atoms with Crippen LogP contribution in [0.5, 0.6) is 0 Å². The van der Waals surface area contributed by atoms with Gasteiger partial charge in [0.15, 0.2) is 5.82 Å². The molecule has 168 valence electrons. The van der Waals surface area contributed by atoms with E-state index in [0.717, 1.165) is 12.1 Å². The Kier molecular flexibility index (Phi) is 6.53. The fraction of sp³-hybridized carbons (Fsp3) is 0.143. The summed E-state index contributed by atoms with van der Waals surface area (Å²) in [6, 6.07) is 13.0. The average molecular weight is 455 g/mol. The first-order valence-corrected chi connectivity index (χ1v) is 9.37. The molecule has 3 aromatic rings. The minimum absolute atomic E-state index is 0.0425. The van der Waals surface area contributed by atoms with Crippen molar-refractivity contribution >= 4 is 34.4 Å². The minimum atomic E-state index is -4.90. The number of alkyl halides is 3. The van der Waals surface area contributed by atoms with Gasteiger partial charge in [-0.25, -0.2) is 4.98 Å². The van der Waals surface area contributed by atoms with Crippen molar-refractivity contribution in [2.75, 3.05) is 17.7 Å². The van der Waals surface area contributed by atoms with Crippen molar-refractivity contribution in [2.45, 2.75) is 13.1 Å². The fourth-order valence-corrected chi connectivity index (χ4v) is 2.94. The summed E-state index contributed by atoms with van der Waals surface area (Å²) in [7, 11) is 1.57. The van der Waals surface area contributed by atoms with Crippen LogP contribution in [0.4, 0.5) is 47.6 Å². The molecule has 0 radical (unpaired) electrons. The van der Waals surface area contributed by atoms with E-state index < -0.39 is 28.0 Å². The molecule has 0 bridgehead atoms. The number of aromatic nitrogens is 1. The molecule has 0 saturated carbocycles. The predicted molar refractivity (Wildman–Crippen MR) is 115 cm³/mol. The van der Waals surface area contributed by atoms with Gasteiger partial charge in [-0.15, -0.1) is 10.2 Å². The number of benzene rings is 2. The van der Waals surface area contributed by atoms with E-state index >= 15 is 0 Å². The minimum Gasteiger partial charge on any atom is -0.372 e. The van der Waals surface area contributed by atoms with Crippen LogP contribution in [0.25, 0.3) is 0 Å². The Morgan fingerprint density at radius 1 is 1.12 bits per heavy atom. The van der Waals surface area contributed by atoms with Gasteiger partial charge in [-0.1, -0.05) is 18.2 Å². The molecule has 33 heavy (non-hydrogen) atoms. The molecule has 0 amide bonds. The second-order valence-electron chi connectivity index (χ2n) is 6.67. The SMILES string of the molecule is CNc1nc(Nc2ccccc2)c(N=Nc2ccc([N+](=O)[O-])cc2C(F)(F)F)c(C)c1C#N. The molecule has 0 aliphatic heterocycles. The molecule has 0 aliphatic carbocycles. The molecule has 0 atom stereocenters. The number of rotatable bonds is 6. The number of pyridine rings is 1. The van der Waals surface area contributed by atoms with E-state index in [9.17, 15) is 28.5 Å². The summed E-state index contributed by atoms with van der Waals surface area (Å²) < 4.78 is 40.4. The van der Waals surface area contributed by atoms with E-state index in [0.29, 0.717) is 17.3 Å². The molecule has 3 rings (SSSR count). The Labute approximate surface area is 185 Å². The van der Waals surface area contributed by atoms with Gasteiger partial charge in [-0.05, 0) is 25.1 Å². The van der Waals surface area contributed by atoms with Gasteiger partial charge in [0.25, 0.3) is 5.69 Å². The lowest BCUT2D eigenvalue weighted by atomic mass is 10.1. The molecule has 9 nitrogen and oxygen atoms in total. The van der Waals surface area contributed by atoms with Gasteiger partial charge in [0.2, 0.25) is 0 Å². The number of nitrogens with one attached hydrogen (secondary N) is 2. The number of anilines is 3. The van der Waals surface area contributed by atoms with Gasteiger partial charge in [-0.2, -0.15) is 18.4 Å². The van der Waals surface area contributed by atoms with Gasteiger partial charge in [0.1, 0.15) is 17.6 Å². The number of azo groups is 1. The van der Waals surface area contributed by atoms with Crippen LogP contribution in [0.3, 0.4) is 0 Å². The lowest BCUT2D eigenvalue weighted by molar-refractivity contribution is -0.385. The first kappa shape index (κ1) is 23.1. The van der Waals surface area contributed by atoms with Crippen molar-refractivity contribution in [2.24, 2.45) is 10.2 Å². The van der Waals surface area contributed by atoms with Crippen LogP contribution in [-0.4, -0.2) is 17.0 Å². The summed E-state index contributed by atoms with van der Waals surface area (Å²) >= 11 is 0. The van der Waals surface area contributed by atoms with E-state index in [-0.39, 0.29) is 22.9 Å². The molecular weight excluding hydrogens is 439 g/mol. The number of nitro benzene ring substituents is 1. The van der Waals surface area contributed by atoms with Crippen LogP contribution < -0.4 is 10.6 Å². The van der Waals surface area contributed by atoms with Crippen LogP contribution in [0.15, 0.2) is 58.8 Å². The standard InChI is InChI=1S/C21H16F3N7O2/c1-12-15(11-25)19(26-2)28-20(27-13-6-4-3-5-7-13)18(12)30-29-17-9-8-14(31(32)33)10-16(17)21(22,23)24/h3-10H,1-2H3,(H2,26,27,28). The highest BCUT2D eigenvalue weighted by Gasteiger charge is 2.35. The second-order valence-corrected chi connectivity index (χ2v) is 6.67. The Hall–Kier alpha value is -4.53. The first-order valence-electron chi connectivity index (χ1n) is 9.37. The predicted octanol–water partition coefficient (Wildman–Crippen LogP) is 6.39. The van der Waals surface area contributed by atoms with E-state index in [1.54, 1.807) is 44.3 Å².